The van der Waals surface area contributed by atoms with Gasteiger partial charge < -0.3 is 10.2 Å². The third kappa shape index (κ3) is 3.81. The van der Waals surface area contributed by atoms with Crippen molar-refractivity contribution in [2.45, 2.75) is 26.2 Å². The number of carbonyl (C=O) groups excluding carboxylic acids is 2. The van der Waals surface area contributed by atoms with Crippen LogP contribution in [0.25, 0.3) is 0 Å². The topological polar surface area (TPSA) is 49.4 Å². The molecular weight excluding hydrogens is 240 g/mol. The fraction of sp³-hybridized carbons (Fsp3) is 0.467. The SMILES string of the molecule is CC(=O)c1cccc(NCCC(=O)N2CCCC2)c1. The molecule has 1 aromatic carbocycles. The van der Waals surface area contributed by atoms with Crippen molar-refractivity contribution in [2.24, 2.45) is 0 Å². The molecule has 0 bridgehead atoms. The lowest BCUT2D eigenvalue weighted by molar-refractivity contribution is -0.129. The molecule has 1 aromatic rings. The Balaban J connectivity index is 1.80. The molecule has 1 amide bonds. The van der Waals surface area contributed by atoms with Gasteiger partial charge in [-0.2, -0.15) is 0 Å². The number of ketones is 1. The van der Waals surface area contributed by atoms with Crippen LogP contribution in [0.3, 0.4) is 0 Å². The predicted octanol–water partition coefficient (Wildman–Crippen LogP) is 2.31. The summed E-state index contributed by atoms with van der Waals surface area (Å²) in [6, 6.07) is 7.37. The molecule has 1 N–H and O–H groups in total. The molecule has 1 heterocycles. The van der Waals surface area contributed by atoms with E-state index in [1.165, 1.54) is 0 Å². The van der Waals surface area contributed by atoms with Gasteiger partial charge in [0, 0.05) is 37.3 Å². The maximum atomic E-state index is 11.8. The number of anilines is 1. The number of nitrogens with one attached hydrogen (secondary N) is 1. The largest absolute Gasteiger partial charge is 0.385 e. The summed E-state index contributed by atoms with van der Waals surface area (Å²) in [7, 11) is 0. The van der Waals surface area contributed by atoms with Crippen LogP contribution in [0, 0.1) is 0 Å². The van der Waals surface area contributed by atoms with Gasteiger partial charge in [0.25, 0.3) is 0 Å². The van der Waals surface area contributed by atoms with E-state index in [0.29, 0.717) is 18.5 Å². The normalized spacial score (nSPS) is 14.5. The molecule has 19 heavy (non-hydrogen) atoms. The Morgan fingerprint density at radius 3 is 2.68 bits per heavy atom. The number of amides is 1. The Morgan fingerprint density at radius 1 is 1.26 bits per heavy atom. The van der Waals surface area contributed by atoms with Gasteiger partial charge in [0.2, 0.25) is 5.91 Å². The second-order valence-electron chi connectivity index (χ2n) is 4.90. The minimum Gasteiger partial charge on any atom is -0.385 e. The second-order valence-corrected chi connectivity index (χ2v) is 4.90. The first-order chi connectivity index (χ1) is 9.16. The van der Waals surface area contributed by atoms with Crippen molar-refractivity contribution in [1.82, 2.24) is 4.90 Å². The minimum absolute atomic E-state index is 0.0526. The maximum absolute atomic E-state index is 11.8. The Kier molecular flexibility index (Phi) is 4.55. The molecular formula is C15H20N2O2. The summed E-state index contributed by atoms with van der Waals surface area (Å²) in [5.41, 5.74) is 1.58. The van der Waals surface area contributed by atoms with E-state index in [0.717, 1.165) is 31.6 Å². The lowest BCUT2D eigenvalue weighted by Gasteiger charge is -2.15. The third-order valence-electron chi connectivity index (χ3n) is 3.40. The van der Waals surface area contributed by atoms with Crippen LogP contribution in [0.2, 0.25) is 0 Å². The first kappa shape index (κ1) is 13.6. The van der Waals surface area contributed by atoms with E-state index >= 15 is 0 Å². The molecule has 0 spiro atoms. The summed E-state index contributed by atoms with van der Waals surface area (Å²) in [5, 5.41) is 3.19. The van der Waals surface area contributed by atoms with E-state index in [4.69, 9.17) is 0 Å². The number of benzene rings is 1. The number of Topliss-reactive ketones (excluding diaryl/α,β-unsaturated/α-hetero) is 1. The van der Waals surface area contributed by atoms with Crippen LogP contribution < -0.4 is 5.32 Å². The van der Waals surface area contributed by atoms with Gasteiger partial charge in [0.05, 0.1) is 0 Å². The van der Waals surface area contributed by atoms with E-state index in [1.54, 1.807) is 13.0 Å². The first-order valence-electron chi connectivity index (χ1n) is 6.79. The summed E-state index contributed by atoms with van der Waals surface area (Å²) >= 11 is 0. The fourth-order valence-electron chi connectivity index (χ4n) is 2.29. The molecule has 0 radical (unpaired) electrons. The van der Waals surface area contributed by atoms with E-state index < -0.39 is 0 Å². The number of nitrogens with zero attached hydrogens (tertiary/aromatic N) is 1. The van der Waals surface area contributed by atoms with Crippen LogP contribution in [-0.2, 0) is 4.79 Å². The van der Waals surface area contributed by atoms with Gasteiger partial charge in [-0.1, -0.05) is 12.1 Å². The molecule has 1 aliphatic heterocycles. The Morgan fingerprint density at radius 2 is 2.00 bits per heavy atom. The lowest BCUT2D eigenvalue weighted by Crippen LogP contribution is -2.29. The summed E-state index contributed by atoms with van der Waals surface area (Å²) in [6.07, 6.45) is 2.75. The molecule has 0 saturated carbocycles. The molecule has 4 nitrogen and oxygen atoms in total. The average Bonchev–Trinajstić information content (AvgIpc) is 2.93. The van der Waals surface area contributed by atoms with Crippen molar-refractivity contribution in [1.29, 1.82) is 0 Å². The highest BCUT2D eigenvalue weighted by atomic mass is 16.2. The van der Waals surface area contributed by atoms with Crippen LogP contribution in [0.15, 0.2) is 24.3 Å². The van der Waals surface area contributed by atoms with Gasteiger partial charge in [0.1, 0.15) is 0 Å². The first-order valence-corrected chi connectivity index (χ1v) is 6.79. The smallest absolute Gasteiger partial charge is 0.224 e. The van der Waals surface area contributed by atoms with Crippen molar-refractivity contribution >= 4 is 17.4 Å². The molecule has 0 aromatic heterocycles. The van der Waals surface area contributed by atoms with Gasteiger partial charge >= 0.3 is 0 Å². The highest BCUT2D eigenvalue weighted by Gasteiger charge is 2.16. The lowest BCUT2D eigenvalue weighted by atomic mass is 10.1. The van der Waals surface area contributed by atoms with Gasteiger partial charge in [-0.05, 0) is 31.9 Å². The quantitative estimate of drug-likeness (QED) is 0.826. The van der Waals surface area contributed by atoms with E-state index in [-0.39, 0.29) is 11.7 Å². The van der Waals surface area contributed by atoms with E-state index in [1.807, 2.05) is 23.1 Å². The highest BCUT2D eigenvalue weighted by Crippen LogP contribution is 2.12. The van der Waals surface area contributed by atoms with Gasteiger partial charge in [0.15, 0.2) is 5.78 Å². The van der Waals surface area contributed by atoms with Crippen LogP contribution in [0.5, 0.6) is 0 Å². The standard InChI is InChI=1S/C15H20N2O2/c1-12(18)13-5-4-6-14(11-13)16-8-7-15(19)17-9-2-3-10-17/h4-6,11,16H,2-3,7-10H2,1H3. The number of hydrogen-bond donors (Lipinski definition) is 1. The number of carbonyl (C=O) groups is 2. The van der Waals surface area contributed by atoms with Crippen molar-refractivity contribution in [3.63, 3.8) is 0 Å². The second kappa shape index (κ2) is 6.36. The Hall–Kier alpha value is -1.84. The monoisotopic (exact) mass is 260 g/mol. The molecule has 1 aliphatic rings. The number of rotatable bonds is 5. The van der Waals surface area contributed by atoms with Crippen LogP contribution >= 0.6 is 0 Å². The third-order valence-corrected chi connectivity index (χ3v) is 3.40. The summed E-state index contributed by atoms with van der Waals surface area (Å²) in [5.74, 6) is 0.268. The Bertz CT molecular complexity index is 465. The molecule has 0 unspecified atom stereocenters. The number of likely N-dealkylation sites (tertiary alicyclic amines) is 1. The van der Waals surface area contributed by atoms with E-state index in [9.17, 15) is 9.59 Å². The van der Waals surface area contributed by atoms with Crippen molar-refractivity contribution < 1.29 is 9.59 Å². The van der Waals surface area contributed by atoms with Crippen LogP contribution in [0.4, 0.5) is 5.69 Å². The molecule has 0 aliphatic carbocycles. The zero-order chi connectivity index (χ0) is 13.7. The molecule has 1 fully saturated rings. The number of hydrogen-bond acceptors (Lipinski definition) is 3. The van der Waals surface area contributed by atoms with Crippen LogP contribution in [0.1, 0.15) is 36.5 Å². The zero-order valence-electron chi connectivity index (χ0n) is 11.3. The van der Waals surface area contributed by atoms with Gasteiger partial charge in [-0.25, -0.2) is 0 Å². The Labute approximate surface area is 113 Å². The molecule has 4 heteroatoms. The molecule has 2 rings (SSSR count). The molecule has 0 atom stereocenters. The summed E-state index contributed by atoms with van der Waals surface area (Å²) in [6.45, 7) is 3.96. The van der Waals surface area contributed by atoms with Crippen LogP contribution in [-0.4, -0.2) is 36.2 Å². The maximum Gasteiger partial charge on any atom is 0.224 e. The van der Waals surface area contributed by atoms with Crippen molar-refractivity contribution in [3.8, 4) is 0 Å². The minimum atomic E-state index is 0.0526. The molecule has 1 saturated heterocycles. The summed E-state index contributed by atoms with van der Waals surface area (Å²) in [4.78, 5) is 25.0. The summed E-state index contributed by atoms with van der Waals surface area (Å²) < 4.78 is 0. The average molecular weight is 260 g/mol. The highest BCUT2D eigenvalue weighted by molar-refractivity contribution is 5.94. The van der Waals surface area contributed by atoms with Crippen molar-refractivity contribution in [3.05, 3.63) is 29.8 Å². The molecule has 102 valence electrons. The zero-order valence-corrected chi connectivity index (χ0v) is 11.3. The predicted molar refractivity (Wildman–Crippen MR) is 75.4 cm³/mol. The van der Waals surface area contributed by atoms with Crippen molar-refractivity contribution in [2.75, 3.05) is 25.0 Å². The van der Waals surface area contributed by atoms with Gasteiger partial charge in [-0.3, -0.25) is 9.59 Å². The van der Waals surface area contributed by atoms with E-state index in [2.05, 4.69) is 5.32 Å². The fourth-order valence-corrected chi connectivity index (χ4v) is 2.29. The van der Waals surface area contributed by atoms with Gasteiger partial charge in [-0.15, -0.1) is 0 Å².